The molecule has 2 nitrogen and oxygen atoms in total. The standard InChI is InChI=1S/C7H12O2/c8-5-2-1-3-6-7(4-5)9-6/h5-8H,1-4H2/t5-,6+,7-/m0/s1. The summed E-state index contributed by atoms with van der Waals surface area (Å²) in [6.07, 6.45) is 5.03. The number of hydrogen-bond acceptors (Lipinski definition) is 2. The van der Waals surface area contributed by atoms with Crippen molar-refractivity contribution in [3.63, 3.8) is 0 Å². The highest BCUT2D eigenvalue weighted by molar-refractivity contribution is 4.89. The smallest absolute Gasteiger partial charge is 0.0866 e. The number of fused-ring (bicyclic) bond motifs is 1. The molecule has 1 N–H and O–H groups in total. The lowest BCUT2D eigenvalue weighted by atomic mass is 10.1. The molecular weight excluding hydrogens is 116 g/mol. The van der Waals surface area contributed by atoms with Gasteiger partial charge < -0.3 is 9.84 Å². The zero-order valence-corrected chi connectivity index (χ0v) is 5.42. The van der Waals surface area contributed by atoms with Crippen LogP contribution in [0.5, 0.6) is 0 Å². The highest BCUT2D eigenvalue weighted by atomic mass is 16.6. The van der Waals surface area contributed by atoms with Crippen LogP contribution in [0.1, 0.15) is 25.7 Å². The molecule has 0 aromatic rings. The summed E-state index contributed by atoms with van der Waals surface area (Å²) < 4.78 is 5.27. The van der Waals surface area contributed by atoms with Crippen LogP contribution >= 0.6 is 0 Å². The van der Waals surface area contributed by atoms with Crippen LogP contribution in [0.4, 0.5) is 0 Å². The molecule has 2 heteroatoms. The normalized spacial score (nSPS) is 49.7. The van der Waals surface area contributed by atoms with E-state index in [9.17, 15) is 5.11 Å². The highest BCUT2D eigenvalue weighted by Crippen LogP contribution is 2.34. The molecule has 52 valence electrons. The molecule has 0 aromatic heterocycles. The molecule has 0 radical (unpaired) electrons. The van der Waals surface area contributed by atoms with E-state index in [0.29, 0.717) is 12.2 Å². The molecule has 0 unspecified atom stereocenters. The number of ether oxygens (including phenoxy) is 1. The SMILES string of the molecule is O[C@H]1CCC[C@H]2O[C@H]2C1. The number of aliphatic hydroxyl groups excluding tert-OH is 1. The van der Waals surface area contributed by atoms with Gasteiger partial charge in [-0.3, -0.25) is 0 Å². The maximum Gasteiger partial charge on any atom is 0.0866 e. The van der Waals surface area contributed by atoms with Gasteiger partial charge in [-0.1, -0.05) is 0 Å². The van der Waals surface area contributed by atoms with Crippen LogP contribution in [0.2, 0.25) is 0 Å². The minimum atomic E-state index is -0.0810. The summed E-state index contributed by atoms with van der Waals surface area (Å²) in [6, 6.07) is 0. The molecule has 2 aliphatic rings. The fourth-order valence-electron chi connectivity index (χ4n) is 1.58. The zero-order valence-electron chi connectivity index (χ0n) is 5.42. The van der Waals surface area contributed by atoms with Crippen molar-refractivity contribution in [1.82, 2.24) is 0 Å². The molecule has 1 saturated carbocycles. The summed E-state index contributed by atoms with van der Waals surface area (Å²) in [5.41, 5.74) is 0. The van der Waals surface area contributed by atoms with Crippen LogP contribution in [0.15, 0.2) is 0 Å². The van der Waals surface area contributed by atoms with Gasteiger partial charge in [0.1, 0.15) is 0 Å². The van der Waals surface area contributed by atoms with Crippen molar-refractivity contribution in [3.05, 3.63) is 0 Å². The van der Waals surface area contributed by atoms with Crippen molar-refractivity contribution in [2.45, 2.75) is 44.0 Å². The lowest BCUT2D eigenvalue weighted by Gasteiger charge is -2.03. The van der Waals surface area contributed by atoms with Crippen LogP contribution in [0.3, 0.4) is 0 Å². The van der Waals surface area contributed by atoms with Crippen LogP contribution in [-0.4, -0.2) is 23.4 Å². The zero-order chi connectivity index (χ0) is 6.27. The van der Waals surface area contributed by atoms with Gasteiger partial charge in [0.2, 0.25) is 0 Å². The van der Waals surface area contributed by atoms with E-state index in [0.717, 1.165) is 19.3 Å². The van der Waals surface area contributed by atoms with Crippen LogP contribution in [-0.2, 0) is 4.74 Å². The fraction of sp³-hybridized carbons (Fsp3) is 1.00. The van der Waals surface area contributed by atoms with Gasteiger partial charge in [-0.25, -0.2) is 0 Å². The quantitative estimate of drug-likeness (QED) is 0.487. The third-order valence-corrected chi connectivity index (χ3v) is 2.22. The Kier molecular flexibility index (Phi) is 1.24. The third kappa shape index (κ3) is 1.10. The number of aliphatic hydroxyl groups is 1. The molecule has 1 saturated heterocycles. The maximum atomic E-state index is 9.21. The Hall–Kier alpha value is -0.0800. The van der Waals surface area contributed by atoms with E-state index in [2.05, 4.69) is 0 Å². The van der Waals surface area contributed by atoms with E-state index in [1.165, 1.54) is 6.42 Å². The van der Waals surface area contributed by atoms with Gasteiger partial charge in [-0.05, 0) is 19.3 Å². The molecule has 1 heterocycles. The fourth-order valence-corrected chi connectivity index (χ4v) is 1.58. The summed E-state index contributed by atoms with van der Waals surface area (Å²) in [5.74, 6) is 0. The molecule has 1 aliphatic heterocycles. The Morgan fingerprint density at radius 3 is 3.00 bits per heavy atom. The molecule has 0 aromatic carbocycles. The third-order valence-electron chi connectivity index (χ3n) is 2.22. The molecular formula is C7H12O2. The predicted molar refractivity (Wildman–Crippen MR) is 33.1 cm³/mol. The van der Waals surface area contributed by atoms with Gasteiger partial charge in [0, 0.05) is 6.42 Å². The number of rotatable bonds is 0. The molecule has 2 fully saturated rings. The maximum absolute atomic E-state index is 9.21. The van der Waals surface area contributed by atoms with Crippen molar-refractivity contribution in [3.8, 4) is 0 Å². The van der Waals surface area contributed by atoms with E-state index in [1.807, 2.05) is 0 Å². The first-order chi connectivity index (χ1) is 4.36. The van der Waals surface area contributed by atoms with Crippen molar-refractivity contribution in [1.29, 1.82) is 0 Å². The Morgan fingerprint density at radius 1 is 1.22 bits per heavy atom. The van der Waals surface area contributed by atoms with Crippen LogP contribution in [0, 0.1) is 0 Å². The second-order valence-electron chi connectivity index (χ2n) is 3.03. The first kappa shape index (κ1) is 5.69. The Bertz CT molecular complexity index is 113. The minimum Gasteiger partial charge on any atom is -0.393 e. The Balaban J connectivity index is 1.92. The summed E-state index contributed by atoms with van der Waals surface area (Å²) in [4.78, 5) is 0. The van der Waals surface area contributed by atoms with Gasteiger partial charge in [0.15, 0.2) is 0 Å². The average molecular weight is 128 g/mol. The van der Waals surface area contributed by atoms with Gasteiger partial charge in [0.05, 0.1) is 18.3 Å². The summed E-state index contributed by atoms with van der Waals surface area (Å²) in [6.45, 7) is 0. The molecule has 9 heavy (non-hydrogen) atoms. The second-order valence-corrected chi connectivity index (χ2v) is 3.03. The van der Waals surface area contributed by atoms with E-state index < -0.39 is 0 Å². The summed E-state index contributed by atoms with van der Waals surface area (Å²) in [7, 11) is 0. The van der Waals surface area contributed by atoms with Gasteiger partial charge in [0.25, 0.3) is 0 Å². The second kappa shape index (κ2) is 1.96. The van der Waals surface area contributed by atoms with Crippen LogP contribution in [0.25, 0.3) is 0 Å². The Morgan fingerprint density at radius 2 is 2.11 bits per heavy atom. The van der Waals surface area contributed by atoms with Crippen molar-refractivity contribution >= 4 is 0 Å². The first-order valence-electron chi connectivity index (χ1n) is 3.70. The summed E-state index contributed by atoms with van der Waals surface area (Å²) in [5, 5.41) is 9.21. The lowest BCUT2D eigenvalue weighted by molar-refractivity contribution is 0.137. The molecule has 3 atom stereocenters. The largest absolute Gasteiger partial charge is 0.393 e. The van der Waals surface area contributed by atoms with E-state index >= 15 is 0 Å². The van der Waals surface area contributed by atoms with Gasteiger partial charge in [-0.2, -0.15) is 0 Å². The van der Waals surface area contributed by atoms with Crippen molar-refractivity contribution in [2.75, 3.05) is 0 Å². The van der Waals surface area contributed by atoms with Crippen LogP contribution < -0.4 is 0 Å². The molecule has 1 aliphatic carbocycles. The minimum absolute atomic E-state index is 0.0810. The topological polar surface area (TPSA) is 32.8 Å². The van der Waals surface area contributed by atoms with E-state index in [4.69, 9.17) is 4.74 Å². The average Bonchev–Trinajstić information content (AvgIpc) is 2.43. The van der Waals surface area contributed by atoms with Gasteiger partial charge >= 0.3 is 0 Å². The van der Waals surface area contributed by atoms with Crippen molar-refractivity contribution in [2.24, 2.45) is 0 Å². The molecule has 2 rings (SSSR count). The van der Waals surface area contributed by atoms with Gasteiger partial charge in [-0.15, -0.1) is 0 Å². The number of epoxide rings is 1. The lowest BCUT2D eigenvalue weighted by Crippen LogP contribution is -2.07. The Labute approximate surface area is 54.8 Å². The molecule has 0 amide bonds. The monoisotopic (exact) mass is 128 g/mol. The molecule has 0 bridgehead atoms. The van der Waals surface area contributed by atoms with E-state index in [-0.39, 0.29) is 6.10 Å². The van der Waals surface area contributed by atoms with Crippen molar-refractivity contribution < 1.29 is 9.84 Å². The highest BCUT2D eigenvalue weighted by Gasteiger charge is 2.41. The van der Waals surface area contributed by atoms with E-state index in [1.54, 1.807) is 0 Å². The first-order valence-corrected chi connectivity index (χ1v) is 3.70. The summed E-state index contributed by atoms with van der Waals surface area (Å²) >= 11 is 0. The number of hydrogen-bond donors (Lipinski definition) is 1. The predicted octanol–water partition coefficient (Wildman–Crippen LogP) is 0.689. The molecule has 0 spiro atoms.